The van der Waals surface area contributed by atoms with Gasteiger partial charge in [0.05, 0.1) is 11.7 Å². The summed E-state index contributed by atoms with van der Waals surface area (Å²) in [6.45, 7) is 4.99. The van der Waals surface area contributed by atoms with Crippen molar-refractivity contribution in [3.05, 3.63) is 35.9 Å². The van der Waals surface area contributed by atoms with Gasteiger partial charge < -0.3 is 10.2 Å². The van der Waals surface area contributed by atoms with Gasteiger partial charge in [-0.1, -0.05) is 44.2 Å². The Morgan fingerprint density at radius 3 is 2.45 bits per heavy atom. The fourth-order valence-corrected chi connectivity index (χ4v) is 8.75. The van der Waals surface area contributed by atoms with Crippen LogP contribution in [-0.4, -0.2) is 21.9 Å². The van der Waals surface area contributed by atoms with Crippen molar-refractivity contribution < 1.29 is 10.2 Å². The van der Waals surface area contributed by atoms with Crippen LogP contribution in [0.15, 0.2) is 30.3 Å². The lowest BCUT2D eigenvalue weighted by Crippen LogP contribution is -2.56. The largest absolute Gasteiger partial charge is 0.393 e. The van der Waals surface area contributed by atoms with Crippen molar-refractivity contribution in [2.75, 3.05) is 0 Å². The van der Waals surface area contributed by atoms with Gasteiger partial charge in [0, 0.05) is 0 Å². The molecular weight excluding hydrogens is 356 g/mol. The van der Waals surface area contributed by atoms with Gasteiger partial charge in [-0.15, -0.1) is 0 Å². The number of fused-ring (bicyclic) bond motifs is 5. The van der Waals surface area contributed by atoms with Crippen molar-refractivity contribution in [3.8, 4) is 0 Å². The summed E-state index contributed by atoms with van der Waals surface area (Å²) < 4.78 is 0. The molecule has 1 aromatic carbocycles. The van der Waals surface area contributed by atoms with E-state index in [4.69, 9.17) is 0 Å². The zero-order valence-corrected chi connectivity index (χ0v) is 18.4. The molecule has 1 aromatic rings. The minimum Gasteiger partial charge on any atom is -0.393 e. The third-order valence-electron chi connectivity index (χ3n) is 10.6. The number of aryl methyl sites for hydroxylation is 1. The second kappa shape index (κ2) is 7.09. The maximum absolute atomic E-state index is 11.9. The van der Waals surface area contributed by atoms with Crippen molar-refractivity contribution in [2.45, 2.75) is 96.2 Å². The van der Waals surface area contributed by atoms with Crippen LogP contribution in [0.1, 0.15) is 83.6 Å². The Labute approximate surface area is 177 Å². The van der Waals surface area contributed by atoms with Gasteiger partial charge in [0.2, 0.25) is 0 Å². The fraction of sp³-hybridized carbons (Fsp3) is 0.778. The molecule has 4 aliphatic carbocycles. The Balaban J connectivity index is 1.35. The molecule has 0 radical (unpaired) electrons. The second-order valence-electron chi connectivity index (χ2n) is 11.6. The minimum absolute atomic E-state index is 0.0620. The number of aliphatic hydroxyl groups excluding tert-OH is 1. The van der Waals surface area contributed by atoms with Crippen molar-refractivity contribution in [1.29, 1.82) is 0 Å². The second-order valence-corrected chi connectivity index (χ2v) is 11.6. The number of rotatable bonds is 3. The third-order valence-corrected chi connectivity index (χ3v) is 10.6. The predicted octanol–water partition coefficient (Wildman–Crippen LogP) is 5.75. The van der Waals surface area contributed by atoms with Crippen LogP contribution in [-0.2, 0) is 6.42 Å². The molecule has 4 aliphatic rings. The average Bonchev–Trinajstić information content (AvgIpc) is 2.99. The molecule has 5 rings (SSSR count). The van der Waals surface area contributed by atoms with E-state index >= 15 is 0 Å². The first kappa shape index (κ1) is 20.1. The number of hydrogen-bond acceptors (Lipinski definition) is 2. The topological polar surface area (TPSA) is 40.5 Å². The Morgan fingerprint density at radius 1 is 0.897 bits per heavy atom. The Kier molecular flexibility index (Phi) is 4.91. The van der Waals surface area contributed by atoms with Gasteiger partial charge in [0.15, 0.2) is 0 Å². The molecule has 160 valence electrons. The van der Waals surface area contributed by atoms with Gasteiger partial charge in [-0.3, -0.25) is 0 Å². The van der Waals surface area contributed by atoms with Crippen molar-refractivity contribution in [1.82, 2.24) is 0 Å². The standard InChI is InChI=1S/C27H40O2/c1-25-14-11-21(28)18-20(25)8-9-22-23(25)12-15-26(2)24(22)13-17-27(26,29)16-10-19-6-4-3-5-7-19/h3-7,20-24,28-29H,8-18H2,1-2H3/t20-,21+,22-,23+,24+,25+,26+,27-/m1/s1. The number of aliphatic hydroxyl groups is 2. The molecule has 4 saturated carbocycles. The molecule has 0 amide bonds. The Bertz CT molecular complexity index is 731. The van der Waals surface area contributed by atoms with E-state index in [-0.39, 0.29) is 11.5 Å². The maximum Gasteiger partial charge on any atom is 0.0707 e. The van der Waals surface area contributed by atoms with Crippen molar-refractivity contribution >= 4 is 0 Å². The van der Waals surface area contributed by atoms with Crippen LogP contribution in [0.5, 0.6) is 0 Å². The average molecular weight is 397 g/mol. The monoisotopic (exact) mass is 396 g/mol. The summed E-state index contributed by atoms with van der Waals surface area (Å²) in [5.41, 5.74) is 1.36. The predicted molar refractivity (Wildman–Crippen MR) is 117 cm³/mol. The highest BCUT2D eigenvalue weighted by Crippen LogP contribution is 2.68. The quantitative estimate of drug-likeness (QED) is 0.682. The van der Waals surface area contributed by atoms with Gasteiger partial charge >= 0.3 is 0 Å². The number of hydrogen-bond donors (Lipinski definition) is 2. The van der Waals surface area contributed by atoms with Gasteiger partial charge in [-0.2, -0.15) is 0 Å². The summed E-state index contributed by atoms with van der Waals surface area (Å²) in [6.07, 6.45) is 12.4. The van der Waals surface area contributed by atoms with E-state index in [0.717, 1.165) is 49.9 Å². The van der Waals surface area contributed by atoms with Gasteiger partial charge in [0.1, 0.15) is 0 Å². The third kappa shape index (κ3) is 3.04. The van der Waals surface area contributed by atoms with Crippen molar-refractivity contribution in [2.24, 2.45) is 34.5 Å². The van der Waals surface area contributed by atoms with Crippen LogP contribution in [0.3, 0.4) is 0 Å². The summed E-state index contributed by atoms with van der Waals surface area (Å²) >= 11 is 0. The van der Waals surface area contributed by atoms with Crippen molar-refractivity contribution in [3.63, 3.8) is 0 Å². The van der Waals surface area contributed by atoms with Gasteiger partial charge in [-0.05, 0) is 111 Å². The molecular formula is C27H40O2. The van der Waals surface area contributed by atoms with Crippen LogP contribution >= 0.6 is 0 Å². The van der Waals surface area contributed by atoms with Crippen LogP contribution in [0, 0.1) is 34.5 Å². The fourth-order valence-electron chi connectivity index (χ4n) is 8.75. The normalized spacial score (nSPS) is 49.2. The highest BCUT2D eigenvalue weighted by Gasteiger charge is 2.64. The zero-order chi connectivity index (χ0) is 20.3. The molecule has 29 heavy (non-hydrogen) atoms. The zero-order valence-electron chi connectivity index (χ0n) is 18.4. The molecule has 0 saturated heterocycles. The van der Waals surface area contributed by atoms with E-state index in [1.54, 1.807) is 0 Å². The molecule has 4 fully saturated rings. The highest BCUT2D eigenvalue weighted by atomic mass is 16.3. The first-order chi connectivity index (χ1) is 13.9. The van der Waals surface area contributed by atoms with Gasteiger partial charge in [-0.25, -0.2) is 0 Å². The van der Waals surface area contributed by atoms with Crippen LogP contribution in [0.4, 0.5) is 0 Å². The van der Waals surface area contributed by atoms with E-state index in [1.807, 2.05) is 0 Å². The van der Waals surface area contributed by atoms with E-state index in [1.165, 1.54) is 44.1 Å². The summed E-state index contributed by atoms with van der Waals surface area (Å²) in [4.78, 5) is 0. The molecule has 0 heterocycles. The summed E-state index contributed by atoms with van der Waals surface area (Å²) in [7, 11) is 0. The minimum atomic E-state index is -0.501. The highest BCUT2D eigenvalue weighted by molar-refractivity contribution is 5.18. The van der Waals surface area contributed by atoms with E-state index < -0.39 is 5.60 Å². The van der Waals surface area contributed by atoms with E-state index in [0.29, 0.717) is 11.3 Å². The van der Waals surface area contributed by atoms with E-state index in [2.05, 4.69) is 44.2 Å². The molecule has 2 heteroatoms. The van der Waals surface area contributed by atoms with E-state index in [9.17, 15) is 10.2 Å². The van der Waals surface area contributed by atoms with Gasteiger partial charge in [0.25, 0.3) is 0 Å². The Hall–Kier alpha value is -0.860. The first-order valence-electron chi connectivity index (χ1n) is 12.3. The molecule has 0 aromatic heterocycles. The molecule has 0 unspecified atom stereocenters. The summed E-state index contributed by atoms with van der Waals surface area (Å²) in [6, 6.07) is 10.7. The van der Waals surface area contributed by atoms with Crippen LogP contribution in [0.25, 0.3) is 0 Å². The molecule has 0 spiro atoms. The molecule has 8 atom stereocenters. The lowest BCUT2D eigenvalue weighted by Gasteiger charge is -2.61. The van der Waals surface area contributed by atoms with Crippen LogP contribution in [0.2, 0.25) is 0 Å². The maximum atomic E-state index is 11.9. The molecule has 2 N–H and O–H groups in total. The molecule has 0 aliphatic heterocycles. The number of benzene rings is 1. The molecule has 0 bridgehead atoms. The smallest absolute Gasteiger partial charge is 0.0707 e. The molecule has 2 nitrogen and oxygen atoms in total. The SMILES string of the molecule is C[C@]12CC[C@H](O)C[C@H]1CC[C@@H]1[C@@H]2CC[C@@]2(C)[C@H]1CC[C@]2(O)CCc1ccccc1. The lowest BCUT2D eigenvalue weighted by atomic mass is 9.44. The van der Waals surface area contributed by atoms with Crippen LogP contribution < -0.4 is 0 Å². The first-order valence-corrected chi connectivity index (χ1v) is 12.3. The summed E-state index contributed by atoms with van der Waals surface area (Å²) in [5, 5.41) is 22.1. The summed E-state index contributed by atoms with van der Waals surface area (Å²) in [5.74, 6) is 3.00. The lowest BCUT2D eigenvalue weighted by molar-refractivity contribution is -0.160. The Morgan fingerprint density at radius 2 is 1.66 bits per heavy atom.